The summed E-state index contributed by atoms with van der Waals surface area (Å²) in [7, 11) is 2.94. The van der Waals surface area contributed by atoms with Crippen LogP contribution in [-0.2, 0) is 0 Å². The lowest BCUT2D eigenvalue weighted by Crippen LogP contribution is -2.14. The number of methoxy groups -OCH3 is 2. The molecular weight excluding hydrogens is 317 g/mol. The van der Waals surface area contributed by atoms with Gasteiger partial charge in [0.05, 0.1) is 19.8 Å². The quantitative estimate of drug-likeness (QED) is 0.690. The molecule has 0 aliphatic carbocycles. The zero-order valence-electron chi connectivity index (χ0n) is 11.2. The minimum Gasteiger partial charge on any atom is -0.493 e. The van der Waals surface area contributed by atoms with Crippen LogP contribution < -0.4 is 14.8 Å². The third-order valence-corrected chi connectivity index (χ3v) is 2.92. The number of nitrogens with one attached hydrogen (secondary N) is 1. The van der Waals surface area contributed by atoms with E-state index in [1.807, 2.05) is 0 Å². The van der Waals surface area contributed by atoms with Gasteiger partial charge in [-0.2, -0.15) is 0 Å². The van der Waals surface area contributed by atoms with Crippen molar-refractivity contribution in [3.8, 4) is 11.5 Å². The summed E-state index contributed by atoms with van der Waals surface area (Å²) < 4.78 is 10.3. The molecule has 6 nitrogen and oxygen atoms in total. The number of ether oxygens (including phenoxy) is 2. The Kier molecular flexibility index (Phi) is 4.82. The minimum absolute atomic E-state index is 0.0598. The SMILES string of the molecule is COc1cccc(C(=O)Nc2cc(Cl)nc(Cl)n2)c1OC. The van der Waals surface area contributed by atoms with Crippen LogP contribution in [0, 0.1) is 0 Å². The smallest absolute Gasteiger partial charge is 0.260 e. The summed E-state index contributed by atoms with van der Waals surface area (Å²) in [6.07, 6.45) is 0. The van der Waals surface area contributed by atoms with Crippen LogP contribution in [0.15, 0.2) is 24.3 Å². The fourth-order valence-electron chi connectivity index (χ4n) is 1.70. The van der Waals surface area contributed by atoms with E-state index in [-0.39, 0.29) is 16.3 Å². The highest BCUT2D eigenvalue weighted by Gasteiger charge is 2.17. The van der Waals surface area contributed by atoms with Crippen LogP contribution in [0.4, 0.5) is 5.82 Å². The van der Waals surface area contributed by atoms with Crippen molar-refractivity contribution in [2.24, 2.45) is 0 Å². The van der Waals surface area contributed by atoms with Gasteiger partial charge in [-0.15, -0.1) is 0 Å². The molecule has 0 bridgehead atoms. The first-order valence-corrected chi connectivity index (χ1v) is 6.53. The number of hydrogen-bond donors (Lipinski definition) is 1. The first-order chi connectivity index (χ1) is 10.0. The van der Waals surface area contributed by atoms with Crippen LogP contribution in [-0.4, -0.2) is 30.1 Å². The highest BCUT2D eigenvalue weighted by atomic mass is 35.5. The van der Waals surface area contributed by atoms with Gasteiger partial charge in [-0.3, -0.25) is 4.79 Å². The molecule has 1 amide bonds. The lowest BCUT2D eigenvalue weighted by atomic mass is 10.1. The molecule has 1 heterocycles. The standard InChI is InChI=1S/C13H11Cl2N3O3/c1-20-8-5-3-4-7(11(8)21-2)12(19)17-10-6-9(14)16-13(15)18-10/h3-6H,1-2H3,(H,16,17,18,19). The van der Waals surface area contributed by atoms with Crippen LogP contribution in [0.5, 0.6) is 11.5 Å². The molecule has 21 heavy (non-hydrogen) atoms. The second-order valence-corrected chi connectivity index (χ2v) is 4.57. The van der Waals surface area contributed by atoms with E-state index in [0.717, 1.165) is 0 Å². The lowest BCUT2D eigenvalue weighted by Gasteiger charge is -2.12. The number of amides is 1. The second-order valence-electron chi connectivity index (χ2n) is 3.84. The summed E-state index contributed by atoms with van der Waals surface area (Å²) in [6, 6.07) is 6.35. The molecular formula is C13H11Cl2N3O3. The number of carbonyl (C=O) groups excluding carboxylic acids is 1. The predicted molar refractivity (Wildman–Crippen MR) is 79.6 cm³/mol. The normalized spacial score (nSPS) is 10.1. The Labute approximate surface area is 131 Å². The fraction of sp³-hybridized carbons (Fsp3) is 0.154. The number of benzene rings is 1. The first-order valence-electron chi connectivity index (χ1n) is 5.77. The van der Waals surface area contributed by atoms with Gasteiger partial charge < -0.3 is 14.8 Å². The number of hydrogen-bond acceptors (Lipinski definition) is 5. The molecule has 2 rings (SSSR count). The van der Waals surface area contributed by atoms with Gasteiger partial charge in [-0.1, -0.05) is 17.7 Å². The van der Waals surface area contributed by atoms with Crippen molar-refractivity contribution in [1.82, 2.24) is 9.97 Å². The zero-order chi connectivity index (χ0) is 15.4. The molecule has 0 fully saturated rings. The summed E-state index contributed by atoms with van der Waals surface area (Å²) in [5.74, 6) is 0.527. The monoisotopic (exact) mass is 327 g/mol. The summed E-state index contributed by atoms with van der Waals surface area (Å²) in [4.78, 5) is 19.9. The average molecular weight is 328 g/mol. The molecule has 110 valence electrons. The van der Waals surface area contributed by atoms with Crippen molar-refractivity contribution in [3.63, 3.8) is 0 Å². The highest BCUT2D eigenvalue weighted by molar-refractivity contribution is 6.32. The molecule has 0 spiro atoms. The van der Waals surface area contributed by atoms with Crippen molar-refractivity contribution in [2.45, 2.75) is 0 Å². The third kappa shape index (κ3) is 3.53. The van der Waals surface area contributed by atoms with Crippen LogP contribution in [0.1, 0.15) is 10.4 Å². The van der Waals surface area contributed by atoms with Gasteiger partial charge in [-0.05, 0) is 23.7 Å². The number of anilines is 1. The number of rotatable bonds is 4. The molecule has 0 saturated carbocycles. The van der Waals surface area contributed by atoms with Crippen LogP contribution >= 0.6 is 23.2 Å². The Hall–Kier alpha value is -2.05. The number of halogens is 2. The number of aromatic nitrogens is 2. The maximum Gasteiger partial charge on any atom is 0.260 e. The summed E-state index contributed by atoms with van der Waals surface area (Å²) >= 11 is 11.4. The summed E-state index contributed by atoms with van der Waals surface area (Å²) in [6.45, 7) is 0. The van der Waals surface area contributed by atoms with Crippen LogP contribution in [0.3, 0.4) is 0 Å². The maximum absolute atomic E-state index is 12.3. The Morgan fingerprint density at radius 3 is 2.57 bits per heavy atom. The van der Waals surface area contributed by atoms with Crippen molar-refractivity contribution in [1.29, 1.82) is 0 Å². The molecule has 0 aliphatic heterocycles. The maximum atomic E-state index is 12.3. The van der Waals surface area contributed by atoms with Gasteiger partial charge in [0.25, 0.3) is 5.91 Å². The molecule has 1 aromatic heterocycles. The fourth-order valence-corrected chi connectivity index (χ4v) is 2.11. The third-order valence-electron chi connectivity index (χ3n) is 2.56. The molecule has 0 saturated heterocycles. The largest absolute Gasteiger partial charge is 0.493 e. The molecule has 8 heteroatoms. The van der Waals surface area contributed by atoms with Gasteiger partial charge in [0.15, 0.2) is 11.5 Å². The van der Waals surface area contributed by atoms with Gasteiger partial charge in [0.2, 0.25) is 5.28 Å². The predicted octanol–water partition coefficient (Wildman–Crippen LogP) is 3.05. The summed E-state index contributed by atoms with van der Waals surface area (Å²) in [5, 5.41) is 2.64. The Balaban J connectivity index is 2.32. The number of carbonyl (C=O) groups is 1. The topological polar surface area (TPSA) is 73.3 Å². The van der Waals surface area contributed by atoms with E-state index in [9.17, 15) is 4.79 Å². The Morgan fingerprint density at radius 1 is 1.19 bits per heavy atom. The van der Waals surface area contributed by atoms with E-state index < -0.39 is 5.91 Å². The molecule has 2 aromatic rings. The summed E-state index contributed by atoms with van der Waals surface area (Å²) in [5.41, 5.74) is 0.294. The Morgan fingerprint density at radius 2 is 1.95 bits per heavy atom. The van der Waals surface area contributed by atoms with E-state index in [2.05, 4.69) is 15.3 Å². The van der Waals surface area contributed by atoms with Crippen molar-refractivity contribution in [3.05, 3.63) is 40.3 Å². The highest BCUT2D eigenvalue weighted by Crippen LogP contribution is 2.31. The van der Waals surface area contributed by atoms with E-state index in [4.69, 9.17) is 32.7 Å². The minimum atomic E-state index is -0.434. The van der Waals surface area contributed by atoms with Crippen LogP contribution in [0.2, 0.25) is 10.4 Å². The Bertz CT molecular complexity index is 659. The van der Waals surface area contributed by atoms with E-state index in [0.29, 0.717) is 17.1 Å². The molecule has 0 radical (unpaired) electrons. The lowest BCUT2D eigenvalue weighted by molar-refractivity contribution is 0.102. The number of nitrogens with zero attached hydrogens (tertiary/aromatic N) is 2. The zero-order valence-corrected chi connectivity index (χ0v) is 12.7. The van der Waals surface area contributed by atoms with Gasteiger partial charge >= 0.3 is 0 Å². The number of para-hydroxylation sites is 1. The van der Waals surface area contributed by atoms with Crippen molar-refractivity contribution < 1.29 is 14.3 Å². The van der Waals surface area contributed by atoms with Crippen LogP contribution in [0.25, 0.3) is 0 Å². The van der Waals surface area contributed by atoms with Gasteiger partial charge in [-0.25, -0.2) is 9.97 Å². The van der Waals surface area contributed by atoms with E-state index in [1.54, 1.807) is 18.2 Å². The molecule has 1 N–H and O–H groups in total. The van der Waals surface area contributed by atoms with Gasteiger partial charge in [0, 0.05) is 6.07 Å². The van der Waals surface area contributed by atoms with E-state index in [1.165, 1.54) is 20.3 Å². The van der Waals surface area contributed by atoms with E-state index >= 15 is 0 Å². The van der Waals surface area contributed by atoms with Gasteiger partial charge in [0.1, 0.15) is 11.0 Å². The van der Waals surface area contributed by atoms with Crippen molar-refractivity contribution >= 4 is 34.9 Å². The average Bonchev–Trinajstić information content (AvgIpc) is 2.45. The molecule has 0 atom stereocenters. The first kappa shape index (κ1) is 15.3. The van der Waals surface area contributed by atoms with Crippen molar-refractivity contribution in [2.75, 3.05) is 19.5 Å². The second kappa shape index (κ2) is 6.60. The molecule has 0 unspecified atom stereocenters. The molecule has 0 aliphatic rings. The molecule has 1 aromatic carbocycles.